The molecule has 0 bridgehead atoms. The number of fused-ring (bicyclic) bond motifs is 4. The fourth-order valence-corrected chi connectivity index (χ4v) is 3.47. The van der Waals surface area contributed by atoms with E-state index in [4.69, 9.17) is 0 Å². The highest BCUT2D eigenvalue weighted by atomic mass is 16.1. The summed E-state index contributed by atoms with van der Waals surface area (Å²) in [5, 5.41) is 0. The zero-order valence-corrected chi connectivity index (χ0v) is 11.0. The Hall–Kier alpha value is -2.42. The topological polar surface area (TPSA) is 37.4 Å². The van der Waals surface area contributed by atoms with Crippen LogP contribution in [-0.4, -0.2) is 24.7 Å². The van der Waals surface area contributed by atoms with Crippen molar-refractivity contribution in [3.63, 3.8) is 0 Å². The van der Waals surface area contributed by atoms with Crippen LogP contribution in [0.2, 0.25) is 0 Å². The lowest BCUT2D eigenvalue weighted by Crippen LogP contribution is -2.44. The van der Waals surface area contributed by atoms with E-state index in [2.05, 4.69) is 0 Å². The minimum atomic E-state index is -0.394. The van der Waals surface area contributed by atoms with E-state index < -0.39 is 6.04 Å². The number of hydrogen-bond acceptors (Lipinski definition) is 3. The van der Waals surface area contributed by atoms with Gasteiger partial charge in [-0.3, -0.25) is 9.59 Å². The lowest BCUT2D eigenvalue weighted by molar-refractivity contribution is 0.0847. The molecule has 2 aliphatic rings. The number of likely N-dealkylation sites (N-methyl/N-ethyl adjacent to an activating group) is 1. The Labute approximate surface area is 116 Å². The number of rotatable bonds is 0. The van der Waals surface area contributed by atoms with Crippen LogP contribution in [0.5, 0.6) is 0 Å². The van der Waals surface area contributed by atoms with Gasteiger partial charge in [0.1, 0.15) is 6.04 Å². The highest BCUT2D eigenvalue weighted by Crippen LogP contribution is 2.45. The number of hydrogen-bond donors (Lipinski definition) is 0. The maximum Gasteiger partial charge on any atom is 0.187 e. The smallest absolute Gasteiger partial charge is 0.187 e. The number of benzene rings is 2. The molecule has 2 aromatic carbocycles. The predicted octanol–water partition coefficient (Wildman–Crippen LogP) is 2.67. The molecule has 2 unspecified atom stereocenters. The minimum absolute atomic E-state index is 0.0453. The van der Waals surface area contributed by atoms with Gasteiger partial charge in [-0.15, -0.1) is 0 Å². The van der Waals surface area contributed by atoms with Crippen LogP contribution in [0.25, 0.3) is 0 Å². The molecular formula is C17H13NO2. The Morgan fingerprint density at radius 3 is 2.20 bits per heavy atom. The van der Waals surface area contributed by atoms with Crippen molar-refractivity contribution in [3.05, 3.63) is 65.2 Å². The first-order chi connectivity index (χ1) is 9.70. The summed E-state index contributed by atoms with van der Waals surface area (Å²) in [5.41, 5.74) is 3.06. The summed E-state index contributed by atoms with van der Waals surface area (Å²) in [6.45, 7) is 0. The van der Waals surface area contributed by atoms with Gasteiger partial charge in [-0.25, -0.2) is 0 Å². The molecule has 1 aliphatic heterocycles. The zero-order valence-electron chi connectivity index (χ0n) is 11.0. The first kappa shape index (κ1) is 11.4. The second-order valence-electron chi connectivity index (χ2n) is 5.37. The summed E-state index contributed by atoms with van der Waals surface area (Å²) in [5.74, 6) is -0.260. The van der Waals surface area contributed by atoms with Gasteiger partial charge in [-0.05, 0) is 11.6 Å². The molecule has 4 rings (SSSR count). The third-order valence-electron chi connectivity index (χ3n) is 4.39. The quantitative estimate of drug-likeness (QED) is 0.733. The lowest BCUT2D eigenvalue weighted by Gasteiger charge is -2.29. The third kappa shape index (κ3) is 1.24. The molecule has 2 atom stereocenters. The largest absolute Gasteiger partial charge is 0.363 e. The van der Waals surface area contributed by atoms with Gasteiger partial charge in [0.15, 0.2) is 11.6 Å². The normalized spacial score (nSPS) is 23.4. The van der Waals surface area contributed by atoms with E-state index in [1.54, 1.807) is 12.1 Å². The fourth-order valence-electron chi connectivity index (χ4n) is 3.47. The van der Waals surface area contributed by atoms with E-state index in [1.165, 1.54) is 0 Å². The molecule has 0 saturated carbocycles. The van der Waals surface area contributed by atoms with Gasteiger partial charge >= 0.3 is 0 Å². The predicted molar refractivity (Wildman–Crippen MR) is 76.5 cm³/mol. The Bertz CT molecular complexity index is 750. The molecule has 98 valence electrons. The zero-order chi connectivity index (χ0) is 13.9. The first-order valence-corrected chi connectivity index (χ1v) is 6.69. The Morgan fingerprint density at radius 2 is 1.45 bits per heavy atom. The number of para-hydroxylation sites is 1. The SMILES string of the molecule is CN1c2ccccc2C2C(=O)c3ccccc3C(=O)C21. The first-order valence-electron chi connectivity index (χ1n) is 6.69. The highest BCUT2D eigenvalue weighted by molar-refractivity contribution is 6.21. The second kappa shape index (κ2) is 3.79. The van der Waals surface area contributed by atoms with Crippen molar-refractivity contribution in [2.45, 2.75) is 12.0 Å². The van der Waals surface area contributed by atoms with Crippen LogP contribution in [0.1, 0.15) is 32.2 Å². The maximum absolute atomic E-state index is 12.8. The van der Waals surface area contributed by atoms with Gasteiger partial charge in [0, 0.05) is 23.9 Å². The molecule has 2 aromatic rings. The van der Waals surface area contributed by atoms with E-state index in [1.807, 2.05) is 48.3 Å². The Balaban J connectivity index is 1.98. The minimum Gasteiger partial charge on any atom is -0.363 e. The molecule has 0 fully saturated rings. The summed E-state index contributed by atoms with van der Waals surface area (Å²) in [6.07, 6.45) is 0. The van der Waals surface area contributed by atoms with E-state index in [-0.39, 0.29) is 17.5 Å². The molecule has 1 heterocycles. The van der Waals surface area contributed by atoms with Gasteiger partial charge < -0.3 is 4.90 Å². The summed E-state index contributed by atoms with van der Waals surface area (Å²) in [6, 6.07) is 14.5. The van der Waals surface area contributed by atoms with Crippen molar-refractivity contribution in [2.75, 3.05) is 11.9 Å². The van der Waals surface area contributed by atoms with Crippen LogP contribution in [0, 0.1) is 0 Å². The van der Waals surface area contributed by atoms with Crippen molar-refractivity contribution in [1.82, 2.24) is 0 Å². The molecule has 0 N–H and O–H groups in total. The monoisotopic (exact) mass is 263 g/mol. The fraction of sp³-hybridized carbons (Fsp3) is 0.176. The number of ketones is 2. The number of nitrogens with zero attached hydrogens (tertiary/aromatic N) is 1. The third-order valence-corrected chi connectivity index (χ3v) is 4.39. The van der Waals surface area contributed by atoms with Gasteiger partial charge in [0.05, 0.1) is 5.92 Å². The van der Waals surface area contributed by atoms with Crippen molar-refractivity contribution in [1.29, 1.82) is 0 Å². The lowest BCUT2D eigenvalue weighted by atomic mass is 9.77. The van der Waals surface area contributed by atoms with Crippen molar-refractivity contribution >= 4 is 17.3 Å². The molecule has 0 saturated heterocycles. The summed E-state index contributed by atoms with van der Waals surface area (Å²) < 4.78 is 0. The van der Waals surface area contributed by atoms with Crippen LogP contribution in [0.4, 0.5) is 5.69 Å². The van der Waals surface area contributed by atoms with E-state index >= 15 is 0 Å². The molecule has 0 radical (unpaired) electrons. The summed E-state index contributed by atoms with van der Waals surface area (Å²) in [4.78, 5) is 27.4. The van der Waals surface area contributed by atoms with Gasteiger partial charge in [-0.2, -0.15) is 0 Å². The number of carbonyl (C=O) groups is 2. The van der Waals surface area contributed by atoms with Crippen LogP contribution in [0.3, 0.4) is 0 Å². The van der Waals surface area contributed by atoms with E-state index in [0.717, 1.165) is 11.3 Å². The van der Waals surface area contributed by atoms with Crippen LogP contribution in [0.15, 0.2) is 48.5 Å². The molecule has 0 amide bonds. The van der Waals surface area contributed by atoms with Gasteiger partial charge in [0.25, 0.3) is 0 Å². The van der Waals surface area contributed by atoms with Crippen LogP contribution < -0.4 is 4.90 Å². The van der Waals surface area contributed by atoms with Crippen LogP contribution >= 0.6 is 0 Å². The average Bonchev–Trinajstić information content (AvgIpc) is 2.79. The van der Waals surface area contributed by atoms with Gasteiger partial charge in [0.2, 0.25) is 0 Å². The molecule has 0 spiro atoms. The van der Waals surface area contributed by atoms with E-state index in [9.17, 15) is 9.59 Å². The van der Waals surface area contributed by atoms with E-state index in [0.29, 0.717) is 11.1 Å². The summed E-state index contributed by atoms with van der Waals surface area (Å²) in [7, 11) is 1.89. The van der Waals surface area contributed by atoms with Gasteiger partial charge in [-0.1, -0.05) is 42.5 Å². The molecule has 3 heteroatoms. The Kier molecular flexibility index (Phi) is 2.16. The number of Topliss-reactive ketones (excluding diaryl/α,β-unsaturated/α-hetero) is 2. The molecule has 1 aliphatic carbocycles. The number of carbonyl (C=O) groups excluding carboxylic acids is 2. The molecular weight excluding hydrogens is 250 g/mol. The second-order valence-corrected chi connectivity index (χ2v) is 5.37. The van der Waals surface area contributed by atoms with Crippen molar-refractivity contribution < 1.29 is 9.59 Å². The number of anilines is 1. The molecule has 20 heavy (non-hydrogen) atoms. The molecule has 3 nitrogen and oxygen atoms in total. The highest BCUT2D eigenvalue weighted by Gasteiger charge is 2.49. The van der Waals surface area contributed by atoms with Crippen molar-refractivity contribution in [3.8, 4) is 0 Å². The molecule has 0 aromatic heterocycles. The average molecular weight is 263 g/mol. The van der Waals surface area contributed by atoms with Crippen molar-refractivity contribution in [2.24, 2.45) is 0 Å². The maximum atomic E-state index is 12.8. The van der Waals surface area contributed by atoms with Crippen LogP contribution in [-0.2, 0) is 0 Å². The Morgan fingerprint density at radius 1 is 0.850 bits per heavy atom. The standard InChI is InChI=1S/C17H13NO2/c1-18-13-9-5-4-8-12(13)14-15(18)17(20)11-7-3-2-6-10(11)16(14)19/h2-9,14-15H,1H3. The summed E-state index contributed by atoms with van der Waals surface area (Å²) >= 11 is 0.